The van der Waals surface area contributed by atoms with Crippen molar-refractivity contribution in [3.05, 3.63) is 115 Å². The molecule has 0 heterocycles. The van der Waals surface area contributed by atoms with Crippen molar-refractivity contribution in [2.75, 3.05) is 33.2 Å². The van der Waals surface area contributed by atoms with Crippen molar-refractivity contribution in [2.24, 2.45) is 0 Å². The minimum atomic E-state index is -3.74. The molecule has 1 unspecified atom stereocenters. The Morgan fingerprint density at radius 2 is 1.21 bits per heavy atom. The second-order valence-corrected chi connectivity index (χ2v) is 12.4. The van der Waals surface area contributed by atoms with Gasteiger partial charge in [-0.3, -0.25) is 0 Å². The van der Waals surface area contributed by atoms with Crippen LogP contribution < -0.4 is 19.5 Å². The van der Waals surface area contributed by atoms with Crippen LogP contribution >= 0.6 is 0 Å². The highest BCUT2D eigenvalue weighted by Crippen LogP contribution is 2.25. The van der Waals surface area contributed by atoms with Gasteiger partial charge in [0.05, 0.1) is 4.90 Å². The lowest BCUT2D eigenvalue weighted by Crippen LogP contribution is -2.38. The second kappa shape index (κ2) is 16.8. The van der Waals surface area contributed by atoms with E-state index >= 15 is 0 Å². The zero-order valence-corrected chi connectivity index (χ0v) is 25.9. The van der Waals surface area contributed by atoms with Crippen molar-refractivity contribution in [1.29, 1.82) is 0 Å². The van der Waals surface area contributed by atoms with Gasteiger partial charge in [0.1, 0.15) is 23.0 Å². The summed E-state index contributed by atoms with van der Waals surface area (Å²) in [7, 11) is -1.61. The normalized spacial score (nSPS) is 12.3. The molecule has 43 heavy (non-hydrogen) atoms. The SMILES string of the molecule is CCCCCCN(C)CCNC(CNS(=O)(=O)c1ccc(Oc2ccccc2)cc1)c1ccc(Oc2ccccc2)cc1. The Morgan fingerprint density at radius 1 is 0.674 bits per heavy atom. The number of unbranched alkanes of at least 4 members (excludes halogenated alkanes) is 3. The minimum Gasteiger partial charge on any atom is -0.457 e. The predicted molar refractivity (Wildman–Crippen MR) is 173 cm³/mol. The highest BCUT2D eigenvalue weighted by Gasteiger charge is 2.19. The largest absolute Gasteiger partial charge is 0.457 e. The Bertz CT molecular complexity index is 1450. The van der Waals surface area contributed by atoms with Crippen LogP contribution in [0.15, 0.2) is 114 Å². The summed E-state index contributed by atoms with van der Waals surface area (Å²) in [6, 6.07) is 33.0. The Hall–Kier alpha value is -3.69. The van der Waals surface area contributed by atoms with E-state index in [2.05, 4.69) is 28.9 Å². The van der Waals surface area contributed by atoms with Gasteiger partial charge in [-0.15, -0.1) is 0 Å². The van der Waals surface area contributed by atoms with Crippen LogP contribution in [0.3, 0.4) is 0 Å². The average molecular weight is 602 g/mol. The molecular formula is C35H43N3O4S. The molecule has 8 heteroatoms. The molecule has 0 amide bonds. The molecule has 7 nitrogen and oxygen atoms in total. The van der Waals surface area contributed by atoms with E-state index in [1.807, 2.05) is 84.9 Å². The summed E-state index contributed by atoms with van der Waals surface area (Å²) in [5.74, 6) is 2.75. The number of rotatable bonds is 18. The summed E-state index contributed by atoms with van der Waals surface area (Å²) >= 11 is 0. The lowest BCUT2D eigenvalue weighted by Gasteiger charge is -2.23. The summed E-state index contributed by atoms with van der Waals surface area (Å²) in [4.78, 5) is 2.50. The first kappa shape index (κ1) is 32.2. The molecule has 0 aliphatic heterocycles. The Labute approximate surface area is 256 Å². The monoisotopic (exact) mass is 601 g/mol. The maximum atomic E-state index is 13.2. The van der Waals surface area contributed by atoms with E-state index < -0.39 is 10.0 Å². The van der Waals surface area contributed by atoms with Gasteiger partial charge in [0.25, 0.3) is 0 Å². The van der Waals surface area contributed by atoms with E-state index in [9.17, 15) is 8.42 Å². The van der Waals surface area contributed by atoms with Gasteiger partial charge in [-0.05, 0) is 86.2 Å². The number of likely N-dealkylation sites (N-methyl/N-ethyl adjacent to an activating group) is 1. The first-order chi connectivity index (χ1) is 20.9. The predicted octanol–water partition coefficient (Wildman–Crippen LogP) is 7.39. The van der Waals surface area contributed by atoms with Crippen LogP contribution in [0.4, 0.5) is 0 Å². The molecule has 2 N–H and O–H groups in total. The van der Waals surface area contributed by atoms with Crippen LogP contribution in [0, 0.1) is 0 Å². The molecule has 0 aliphatic carbocycles. The van der Waals surface area contributed by atoms with Crippen molar-refractivity contribution >= 4 is 10.0 Å². The first-order valence-corrected chi connectivity index (χ1v) is 16.5. The van der Waals surface area contributed by atoms with Crippen LogP contribution in [0.1, 0.15) is 44.2 Å². The Kier molecular flexibility index (Phi) is 12.6. The fraction of sp³-hybridized carbons (Fsp3) is 0.314. The number of nitrogens with zero attached hydrogens (tertiary/aromatic N) is 1. The van der Waals surface area contributed by atoms with Crippen molar-refractivity contribution in [3.63, 3.8) is 0 Å². The number of hydrogen-bond acceptors (Lipinski definition) is 6. The smallest absolute Gasteiger partial charge is 0.240 e. The third-order valence-electron chi connectivity index (χ3n) is 7.13. The van der Waals surface area contributed by atoms with E-state index in [4.69, 9.17) is 9.47 Å². The second-order valence-electron chi connectivity index (χ2n) is 10.6. The quantitative estimate of drug-likeness (QED) is 0.116. The number of sulfonamides is 1. The Balaban J connectivity index is 1.39. The summed E-state index contributed by atoms with van der Waals surface area (Å²) in [5.41, 5.74) is 0.973. The summed E-state index contributed by atoms with van der Waals surface area (Å²) in [5, 5.41) is 3.57. The molecule has 0 fully saturated rings. The van der Waals surface area contributed by atoms with E-state index in [-0.39, 0.29) is 17.5 Å². The van der Waals surface area contributed by atoms with Crippen LogP contribution in [-0.2, 0) is 10.0 Å². The molecule has 4 aromatic rings. The van der Waals surface area contributed by atoms with Gasteiger partial charge in [0.15, 0.2) is 0 Å². The molecule has 0 aromatic heterocycles. The molecule has 0 saturated heterocycles. The van der Waals surface area contributed by atoms with E-state index in [1.54, 1.807) is 24.3 Å². The van der Waals surface area contributed by atoms with Gasteiger partial charge in [-0.1, -0.05) is 74.7 Å². The maximum absolute atomic E-state index is 13.2. The van der Waals surface area contributed by atoms with Crippen LogP contribution in [0.2, 0.25) is 0 Å². The van der Waals surface area contributed by atoms with E-state index in [0.29, 0.717) is 11.5 Å². The van der Waals surface area contributed by atoms with Gasteiger partial charge < -0.3 is 19.7 Å². The fourth-order valence-electron chi connectivity index (χ4n) is 4.64. The molecule has 0 spiro atoms. The van der Waals surface area contributed by atoms with Gasteiger partial charge >= 0.3 is 0 Å². The number of ether oxygens (including phenoxy) is 2. The molecule has 4 aromatic carbocycles. The molecule has 0 bridgehead atoms. The van der Waals surface area contributed by atoms with Gasteiger partial charge in [0.2, 0.25) is 10.0 Å². The van der Waals surface area contributed by atoms with Gasteiger partial charge in [-0.25, -0.2) is 13.1 Å². The topological polar surface area (TPSA) is 79.9 Å². The standard InChI is InChI=1S/C35H43N3O4S/c1-3-4-5-12-26-38(2)27-25-36-35(29-17-19-32(20-18-29)41-30-13-8-6-9-14-30)28-37-43(39,40)34-23-21-33(22-24-34)42-31-15-10-7-11-16-31/h6-11,13-24,35-37H,3-5,12,25-28H2,1-2H3. The number of hydrogen-bond donors (Lipinski definition) is 2. The molecule has 0 radical (unpaired) electrons. The molecule has 0 saturated carbocycles. The summed E-state index contributed by atoms with van der Waals surface area (Å²) in [6.45, 7) is 5.06. The molecule has 1 atom stereocenters. The van der Waals surface area contributed by atoms with E-state index in [0.717, 1.165) is 36.7 Å². The first-order valence-electron chi connectivity index (χ1n) is 15.0. The summed E-state index contributed by atoms with van der Waals surface area (Å²) < 4.78 is 41.0. The fourth-order valence-corrected chi connectivity index (χ4v) is 5.69. The van der Waals surface area contributed by atoms with Crippen molar-refractivity contribution in [3.8, 4) is 23.0 Å². The number of benzene rings is 4. The zero-order valence-electron chi connectivity index (χ0n) is 25.1. The molecular weight excluding hydrogens is 558 g/mol. The lowest BCUT2D eigenvalue weighted by molar-refractivity contribution is 0.315. The number of nitrogens with one attached hydrogen (secondary N) is 2. The third kappa shape index (κ3) is 10.8. The molecule has 228 valence electrons. The van der Waals surface area contributed by atoms with Gasteiger partial charge in [0, 0.05) is 25.7 Å². The Morgan fingerprint density at radius 3 is 1.77 bits per heavy atom. The van der Waals surface area contributed by atoms with E-state index in [1.165, 1.54) is 25.7 Å². The van der Waals surface area contributed by atoms with Crippen molar-refractivity contribution in [1.82, 2.24) is 14.9 Å². The third-order valence-corrected chi connectivity index (χ3v) is 8.57. The minimum absolute atomic E-state index is 0.185. The van der Waals surface area contributed by atoms with Crippen molar-refractivity contribution < 1.29 is 17.9 Å². The van der Waals surface area contributed by atoms with Crippen LogP contribution in [0.5, 0.6) is 23.0 Å². The lowest BCUT2D eigenvalue weighted by atomic mass is 10.1. The highest BCUT2D eigenvalue weighted by molar-refractivity contribution is 7.89. The van der Waals surface area contributed by atoms with Gasteiger partial charge in [-0.2, -0.15) is 0 Å². The average Bonchev–Trinajstić information content (AvgIpc) is 3.03. The zero-order chi connectivity index (χ0) is 30.3. The molecule has 4 rings (SSSR count). The van der Waals surface area contributed by atoms with Crippen LogP contribution in [0.25, 0.3) is 0 Å². The number of para-hydroxylation sites is 2. The highest BCUT2D eigenvalue weighted by atomic mass is 32.2. The maximum Gasteiger partial charge on any atom is 0.240 e. The molecule has 0 aliphatic rings. The summed E-state index contributed by atoms with van der Waals surface area (Å²) in [6.07, 6.45) is 4.92. The van der Waals surface area contributed by atoms with Crippen LogP contribution in [-0.4, -0.2) is 46.5 Å². The van der Waals surface area contributed by atoms with Crippen molar-refractivity contribution in [2.45, 2.75) is 43.5 Å².